The van der Waals surface area contributed by atoms with Crippen LogP contribution in [0, 0.1) is 5.41 Å². The molecule has 0 fully saturated rings. The maximum absolute atomic E-state index is 13.3. The van der Waals surface area contributed by atoms with Crippen molar-refractivity contribution in [1.29, 1.82) is 0 Å². The maximum atomic E-state index is 13.3. The van der Waals surface area contributed by atoms with Crippen molar-refractivity contribution in [2.45, 2.75) is 26.8 Å². The van der Waals surface area contributed by atoms with Crippen molar-refractivity contribution in [2.24, 2.45) is 5.41 Å². The number of anilines is 1. The number of nitrogens with zero attached hydrogens (tertiary/aromatic N) is 3. The van der Waals surface area contributed by atoms with E-state index < -0.39 is 23.1 Å². The summed E-state index contributed by atoms with van der Waals surface area (Å²) in [5.74, 6) is -1.20. The number of ether oxygens (including phenoxy) is 1. The number of aliphatic hydroxyl groups excluding tert-OH is 1. The Morgan fingerprint density at radius 1 is 1.16 bits per heavy atom. The summed E-state index contributed by atoms with van der Waals surface area (Å²) in [4.78, 5) is 32.3. The Labute approximate surface area is 185 Å². The highest BCUT2D eigenvalue weighted by Gasteiger charge is 2.48. The van der Waals surface area contributed by atoms with Gasteiger partial charge in [-0.3, -0.25) is 19.5 Å². The highest BCUT2D eigenvalue weighted by molar-refractivity contribution is 6.17. The van der Waals surface area contributed by atoms with Gasteiger partial charge in [-0.15, -0.1) is 0 Å². The normalized spacial score (nSPS) is 16.6. The lowest BCUT2D eigenvalue weighted by atomic mass is 9.83. The van der Waals surface area contributed by atoms with Gasteiger partial charge in [-0.1, -0.05) is 38.1 Å². The highest BCUT2D eigenvalue weighted by Crippen LogP contribution is 2.45. The molecule has 4 rings (SSSR count). The lowest BCUT2D eigenvalue weighted by Gasteiger charge is -2.29. The van der Waals surface area contributed by atoms with E-state index in [1.165, 1.54) is 18.3 Å². The number of hydrogen-bond donors (Lipinski definition) is 1. The van der Waals surface area contributed by atoms with Gasteiger partial charge in [-0.05, 0) is 24.3 Å². The van der Waals surface area contributed by atoms with Crippen LogP contribution < -0.4 is 9.64 Å². The smallest absolute Gasteiger partial charge is 0.294 e. The molecule has 0 saturated carbocycles. The summed E-state index contributed by atoms with van der Waals surface area (Å²) in [6, 6.07) is 11.2. The number of methoxy groups -OCH3 is 1. The van der Waals surface area contributed by atoms with Crippen LogP contribution in [-0.4, -0.2) is 34.0 Å². The molecule has 0 spiro atoms. The van der Waals surface area contributed by atoms with Gasteiger partial charge in [-0.25, -0.2) is 0 Å². The average molecular weight is 433 g/mol. The molecule has 1 aromatic carbocycles. The minimum Gasteiger partial charge on any atom is -0.503 e. The zero-order chi connectivity index (χ0) is 23.0. The van der Waals surface area contributed by atoms with E-state index in [1.807, 2.05) is 0 Å². The Morgan fingerprint density at radius 3 is 2.47 bits per heavy atom. The van der Waals surface area contributed by atoms with Crippen LogP contribution in [0.1, 0.15) is 32.5 Å². The van der Waals surface area contributed by atoms with Crippen molar-refractivity contribution in [3.63, 3.8) is 0 Å². The Bertz CT molecular complexity index is 1190. The van der Waals surface area contributed by atoms with Crippen LogP contribution in [0.25, 0.3) is 11.3 Å². The zero-order valence-electron chi connectivity index (χ0n) is 18.2. The topological polar surface area (TPSA) is 106 Å². The molecule has 2 aromatic heterocycles. The highest BCUT2D eigenvalue weighted by atomic mass is 16.5. The number of aromatic nitrogens is 2. The number of hydrogen-bond acceptors (Lipinski definition) is 7. The van der Waals surface area contributed by atoms with Crippen molar-refractivity contribution in [2.75, 3.05) is 12.0 Å². The Morgan fingerprint density at radius 2 is 1.88 bits per heavy atom. The van der Waals surface area contributed by atoms with E-state index in [1.54, 1.807) is 69.4 Å². The van der Waals surface area contributed by atoms with E-state index in [0.29, 0.717) is 22.8 Å². The molecule has 164 valence electrons. The Balaban J connectivity index is 1.86. The molecule has 1 aliphatic rings. The van der Waals surface area contributed by atoms with E-state index in [2.05, 4.69) is 10.1 Å². The minimum absolute atomic E-state index is 0.0000720. The van der Waals surface area contributed by atoms with Gasteiger partial charge in [0.1, 0.15) is 29.4 Å². The summed E-state index contributed by atoms with van der Waals surface area (Å²) < 4.78 is 10.3. The summed E-state index contributed by atoms with van der Waals surface area (Å²) in [7, 11) is 1.49. The van der Waals surface area contributed by atoms with E-state index in [-0.39, 0.29) is 11.4 Å². The SMILES string of the molecule is COc1cccnc1C1C(C(=O)C(C)(C)C)=C(O)C(=O)N1c1ccc(-c2ccon2)cc1. The van der Waals surface area contributed by atoms with Crippen LogP contribution in [-0.2, 0) is 9.59 Å². The van der Waals surface area contributed by atoms with Crippen LogP contribution in [0.3, 0.4) is 0 Å². The van der Waals surface area contributed by atoms with Crippen LogP contribution in [0.4, 0.5) is 5.69 Å². The molecule has 8 nitrogen and oxygen atoms in total. The van der Waals surface area contributed by atoms with Gasteiger partial charge in [0, 0.05) is 28.9 Å². The Hall–Kier alpha value is -3.94. The number of aliphatic hydroxyl groups is 1. The molecule has 0 radical (unpaired) electrons. The third kappa shape index (κ3) is 3.53. The van der Waals surface area contributed by atoms with Gasteiger partial charge in [0.05, 0.1) is 12.7 Å². The van der Waals surface area contributed by atoms with Crippen molar-refractivity contribution < 1.29 is 24.0 Å². The van der Waals surface area contributed by atoms with Crippen LogP contribution in [0.2, 0.25) is 0 Å². The number of pyridine rings is 1. The fourth-order valence-corrected chi connectivity index (χ4v) is 3.70. The fraction of sp³-hybridized carbons (Fsp3) is 0.250. The second kappa shape index (κ2) is 7.96. The molecule has 0 bridgehead atoms. The van der Waals surface area contributed by atoms with Crippen LogP contribution in [0.15, 0.2) is 70.8 Å². The first kappa shape index (κ1) is 21.3. The minimum atomic E-state index is -0.941. The molecule has 8 heteroatoms. The number of ketones is 1. The molecule has 3 aromatic rings. The molecule has 1 aliphatic heterocycles. The van der Waals surface area contributed by atoms with Gasteiger partial charge in [-0.2, -0.15) is 0 Å². The lowest BCUT2D eigenvalue weighted by Crippen LogP contribution is -2.33. The number of carbonyl (C=O) groups excluding carboxylic acids is 2. The second-order valence-electron chi connectivity index (χ2n) is 8.44. The van der Waals surface area contributed by atoms with Crippen molar-refractivity contribution in [3.05, 3.63) is 72.0 Å². The van der Waals surface area contributed by atoms with Gasteiger partial charge in [0.15, 0.2) is 11.5 Å². The molecule has 0 aliphatic carbocycles. The summed E-state index contributed by atoms with van der Waals surface area (Å²) in [6.45, 7) is 5.21. The van der Waals surface area contributed by atoms with Crippen molar-refractivity contribution >= 4 is 17.4 Å². The third-order valence-corrected chi connectivity index (χ3v) is 5.29. The van der Waals surface area contributed by atoms with Crippen molar-refractivity contribution in [1.82, 2.24) is 10.1 Å². The molecular formula is C24H23N3O5. The fourth-order valence-electron chi connectivity index (χ4n) is 3.70. The van der Waals surface area contributed by atoms with Gasteiger partial charge < -0.3 is 14.4 Å². The molecular weight excluding hydrogens is 410 g/mol. The Kier molecular flexibility index (Phi) is 5.30. The first-order valence-electron chi connectivity index (χ1n) is 10.0. The predicted molar refractivity (Wildman–Crippen MR) is 117 cm³/mol. The lowest BCUT2D eigenvalue weighted by molar-refractivity contribution is -0.123. The predicted octanol–water partition coefficient (Wildman–Crippen LogP) is 4.26. The molecule has 32 heavy (non-hydrogen) atoms. The van der Waals surface area contributed by atoms with Gasteiger partial charge in [0.25, 0.3) is 5.91 Å². The molecule has 1 unspecified atom stereocenters. The van der Waals surface area contributed by atoms with E-state index >= 15 is 0 Å². The molecule has 1 N–H and O–H groups in total. The van der Waals surface area contributed by atoms with E-state index in [4.69, 9.17) is 9.26 Å². The second-order valence-corrected chi connectivity index (χ2v) is 8.44. The molecule has 1 amide bonds. The number of carbonyl (C=O) groups is 2. The summed E-state index contributed by atoms with van der Waals surface area (Å²) in [5.41, 5.74) is 1.47. The number of amides is 1. The van der Waals surface area contributed by atoms with E-state index in [0.717, 1.165) is 5.56 Å². The number of Topliss-reactive ketones (excluding diaryl/α,β-unsaturated/α-hetero) is 1. The quantitative estimate of drug-likeness (QED) is 0.641. The van der Waals surface area contributed by atoms with Crippen LogP contribution >= 0.6 is 0 Å². The van der Waals surface area contributed by atoms with Crippen LogP contribution in [0.5, 0.6) is 5.75 Å². The first-order chi connectivity index (χ1) is 15.2. The van der Waals surface area contributed by atoms with Crippen molar-refractivity contribution in [3.8, 4) is 17.0 Å². The molecule has 1 atom stereocenters. The largest absolute Gasteiger partial charge is 0.503 e. The first-order valence-corrected chi connectivity index (χ1v) is 10.0. The van der Waals surface area contributed by atoms with Gasteiger partial charge in [0.2, 0.25) is 0 Å². The summed E-state index contributed by atoms with van der Waals surface area (Å²) in [5, 5.41) is 14.7. The zero-order valence-corrected chi connectivity index (χ0v) is 18.2. The molecule has 3 heterocycles. The third-order valence-electron chi connectivity index (χ3n) is 5.29. The summed E-state index contributed by atoms with van der Waals surface area (Å²) in [6.07, 6.45) is 3.03. The van der Waals surface area contributed by atoms with Gasteiger partial charge >= 0.3 is 0 Å². The maximum Gasteiger partial charge on any atom is 0.294 e. The molecule has 0 saturated heterocycles. The average Bonchev–Trinajstić information content (AvgIpc) is 3.40. The number of rotatable bonds is 5. The standard InChI is InChI=1S/C24H23N3O5/c1-24(2,3)22(29)18-20(19-17(31-4)6-5-12-25-19)27(23(30)21(18)28)15-9-7-14(8-10-15)16-11-13-32-26-16/h5-13,20,28H,1-4H3. The number of benzene rings is 1. The van der Waals surface area contributed by atoms with E-state index in [9.17, 15) is 14.7 Å². The summed E-state index contributed by atoms with van der Waals surface area (Å²) >= 11 is 0. The monoisotopic (exact) mass is 433 g/mol.